The van der Waals surface area contributed by atoms with Gasteiger partial charge in [0.1, 0.15) is 0 Å². The molecule has 0 aliphatic heterocycles. The maximum Gasteiger partial charge on any atom is 0.172 e. The van der Waals surface area contributed by atoms with Crippen molar-refractivity contribution < 1.29 is 17.9 Å². The van der Waals surface area contributed by atoms with Gasteiger partial charge in [-0.3, -0.25) is 0 Å². The van der Waals surface area contributed by atoms with E-state index in [1.165, 1.54) is 31.4 Å². The van der Waals surface area contributed by atoms with Crippen LogP contribution in [0.4, 0.5) is 13.2 Å². The molecule has 0 atom stereocenters. The smallest absolute Gasteiger partial charge is 0.172 e. The van der Waals surface area contributed by atoms with Crippen LogP contribution in [-0.4, -0.2) is 7.11 Å². The molecule has 0 saturated carbocycles. The van der Waals surface area contributed by atoms with E-state index in [0.717, 1.165) is 18.4 Å². The number of methoxy groups -OCH3 is 1. The molecule has 4 heteroatoms. The Labute approximate surface area is 162 Å². The maximum atomic E-state index is 14.7. The van der Waals surface area contributed by atoms with Crippen LogP contribution in [0, 0.1) is 5.82 Å². The van der Waals surface area contributed by atoms with Gasteiger partial charge in [0.05, 0.1) is 7.11 Å². The van der Waals surface area contributed by atoms with E-state index in [-0.39, 0.29) is 16.9 Å². The van der Waals surface area contributed by atoms with E-state index in [2.05, 4.69) is 6.08 Å². The number of hydrogen-bond donors (Lipinski definition) is 0. The van der Waals surface area contributed by atoms with Crippen molar-refractivity contribution in [2.75, 3.05) is 7.11 Å². The molecule has 3 aromatic rings. The number of rotatable bonds is 6. The van der Waals surface area contributed by atoms with Gasteiger partial charge in [0.15, 0.2) is 23.2 Å². The zero-order chi connectivity index (χ0) is 20.1. The minimum atomic E-state index is -0.972. The van der Waals surface area contributed by atoms with Gasteiger partial charge in [-0.05, 0) is 42.8 Å². The molecule has 1 nitrogen and oxygen atoms in total. The first-order valence-electron chi connectivity index (χ1n) is 9.07. The van der Waals surface area contributed by atoms with Crippen molar-refractivity contribution in [3.8, 4) is 5.75 Å². The van der Waals surface area contributed by atoms with E-state index in [4.69, 9.17) is 4.74 Å². The first-order chi connectivity index (χ1) is 13.5. The van der Waals surface area contributed by atoms with E-state index >= 15 is 0 Å². The Hall–Kier alpha value is -3.01. The van der Waals surface area contributed by atoms with E-state index in [9.17, 15) is 13.2 Å². The summed E-state index contributed by atoms with van der Waals surface area (Å²) in [5.41, 5.74) is 1.30. The summed E-state index contributed by atoms with van der Waals surface area (Å²) in [6.45, 7) is 1.96. The highest BCUT2D eigenvalue weighted by atomic mass is 19.2. The van der Waals surface area contributed by atoms with E-state index in [1.54, 1.807) is 30.3 Å². The largest absolute Gasteiger partial charge is 0.494 e. The molecule has 0 fully saturated rings. The average Bonchev–Trinajstić information content (AvgIpc) is 2.73. The number of fused-ring (bicyclic) bond motifs is 1. The summed E-state index contributed by atoms with van der Waals surface area (Å²) in [7, 11) is 1.38. The summed E-state index contributed by atoms with van der Waals surface area (Å²) >= 11 is 0. The quantitative estimate of drug-likeness (QED) is 0.322. The molecule has 0 unspecified atom stereocenters. The van der Waals surface area contributed by atoms with Crippen LogP contribution in [0.15, 0.2) is 66.7 Å². The fourth-order valence-corrected chi connectivity index (χ4v) is 3.05. The molecule has 0 amide bonds. The van der Waals surface area contributed by atoms with Crippen LogP contribution >= 0.6 is 0 Å². The van der Waals surface area contributed by atoms with Crippen molar-refractivity contribution in [1.82, 2.24) is 0 Å². The Morgan fingerprint density at radius 2 is 1.61 bits per heavy atom. The Balaban J connectivity index is 1.90. The molecular formula is C24H21F3O. The molecule has 28 heavy (non-hydrogen) atoms. The number of allylic oxidation sites excluding steroid dienone is 2. The standard InChI is InChI=1S/C24H21F3O/c1-3-4-5-6-16-7-9-17(10-8-16)22(25)23(26)19-11-13-20-18(15-19)12-14-21(28-2)24(20)27/h3-4,7-15H,5-6H2,1-2H3/b4-3+,23-22?. The summed E-state index contributed by atoms with van der Waals surface area (Å²) < 4.78 is 48.6. The van der Waals surface area contributed by atoms with Gasteiger partial charge in [0.2, 0.25) is 0 Å². The molecule has 0 radical (unpaired) electrons. The lowest BCUT2D eigenvalue weighted by molar-refractivity contribution is 0.389. The molecule has 0 aliphatic rings. The van der Waals surface area contributed by atoms with Gasteiger partial charge >= 0.3 is 0 Å². The van der Waals surface area contributed by atoms with Crippen molar-refractivity contribution in [3.63, 3.8) is 0 Å². The number of halogens is 3. The van der Waals surface area contributed by atoms with Crippen molar-refractivity contribution in [2.45, 2.75) is 19.8 Å². The number of ether oxygens (including phenoxy) is 1. The maximum absolute atomic E-state index is 14.7. The van der Waals surface area contributed by atoms with Crippen LogP contribution in [-0.2, 0) is 6.42 Å². The Morgan fingerprint density at radius 3 is 2.29 bits per heavy atom. The molecule has 144 valence electrons. The van der Waals surface area contributed by atoms with Crippen molar-refractivity contribution in [2.24, 2.45) is 0 Å². The fraction of sp³-hybridized carbons (Fsp3) is 0.167. The van der Waals surface area contributed by atoms with Crippen LogP contribution in [0.25, 0.3) is 22.4 Å². The van der Waals surface area contributed by atoms with E-state index in [1.807, 2.05) is 13.0 Å². The fourth-order valence-electron chi connectivity index (χ4n) is 3.05. The second-order valence-electron chi connectivity index (χ2n) is 6.45. The van der Waals surface area contributed by atoms with Gasteiger partial charge in [0, 0.05) is 16.5 Å². The highest BCUT2D eigenvalue weighted by Gasteiger charge is 2.14. The average molecular weight is 382 g/mol. The molecule has 0 saturated heterocycles. The van der Waals surface area contributed by atoms with Crippen molar-refractivity contribution in [1.29, 1.82) is 0 Å². The zero-order valence-corrected chi connectivity index (χ0v) is 15.8. The van der Waals surface area contributed by atoms with Crippen LogP contribution in [0.1, 0.15) is 30.0 Å². The zero-order valence-electron chi connectivity index (χ0n) is 15.8. The summed E-state index contributed by atoms with van der Waals surface area (Å²) in [4.78, 5) is 0. The van der Waals surface area contributed by atoms with Crippen LogP contribution < -0.4 is 4.74 Å². The third kappa shape index (κ3) is 4.11. The Bertz CT molecular complexity index is 1030. The highest BCUT2D eigenvalue weighted by molar-refractivity contribution is 5.91. The van der Waals surface area contributed by atoms with Gasteiger partial charge in [0.25, 0.3) is 0 Å². The van der Waals surface area contributed by atoms with Gasteiger partial charge in [-0.15, -0.1) is 0 Å². The van der Waals surface area contributed by atoms with Crippen LogP contribution in [0.3, 0.4) is 0 Å². The first kappa shape index (κ1) is 19.7. The summed E-state index contributed by atoms with van der Waals surface area (Å²) in [5, 5.41) is 0.764. The second-order valence-corrected chi connectivity index (χ2v) is 6.45. The topological polar surface area (TPSA) is 9.23 Å². The predicted molar refractivity (Wildman–Crippen MR) is 109 cm³/mol. The van der Waals surface area contributed by atoms with E-state index in [0.29, 0.717) is 10.8 Å². The SMILES string of the molecule is C/C=C/CCc1ccc(C(F)=C(F)c2ccc3c(F)c(OC)ccc3c2)cc1. The van der Waals surface area contributed by atoms with Crippen LogP contribution in [0.2, 0.25) is 0 Å². The molecule has 0 spiro atoms. The Morgan fingerprint density at radius 1 is 0.929 bits per heavy atom. The molecule has 0 N–H and O–H groups in total. The Kier molecular flexibility index (Phi) is 6.19. The van der Waals surface area contributed by atoms with Gasteiger partial charge in [-0.1, -0.05) is 54.6 Å². The summed E-state index contributed by atoms with van der Waals surface area (Å²) in [6.07, 6.45) is 5.79. The minimum absolute atomic E-state index is 0.0618. The van der Waals surface area contributed by atoms with Gasteiger partial charge in [-0.2, -0.15) is 0 Å². The third-order valence-corrected chi connectivity index (χ3v) is 4.63. The predicted octanol–water partition coefficient (Wildman–Crippen LogP) is 7.26. The van der Waals surface area contributed by atoms with Crippen molar-refractivity contribution >= 4 is 22.4 Å². The summed E-state index contributed by atoms with van der Waals surface area (Å²) in [5.74, 6) is -2.32. The molecule has 3 aromatic carbocycles. The second kappa shape index (κ2) is 8.79. The van der Waals surface area contributed by atoms with Gasteiger partial charge < -0.3 is 4.74 Å². The third-order valence-electron chi connectivity index (χ3n) is 4.63. The van der Waals surface area contributed by atoms with E-state index < -0.39 is 17.5 Å². The van der Waals surface area contributed by atoms with Crippen molar-refractivity contribution in [3.05, 3.63) is 89.3 Å². The van der Waals surface area contributed by atoms with Gasteiger partial charge in [-0.25, -0.2) is 13.2 Å². The minimum Gasteiger partial charge on any atom is -0.494 e. The molecule has 0 bridgehead atoms. The molecule has 3 rings (SSSR count). The summed E-state index contributed by atoms with van der Waals surface area (Å²) in [6, 6.07) is 14.1. The number of benzene rings is 3. The monoisotopic (exact) mass is 382 g/mol. The molecule has 0 heterocycles. The lowest BCUT2D eigenvalue weighted by atomic mass is 10.0. The molecule has 0 aromatic heterocycles. The molecular weight excluding hydrogens is 361 g/mol. The molecule has 0 aliphatic carbocycles. The number of aryl methyl sites for hydroxylation is 1. The lowest BCUT2D eigenvalue weighted by Gasteiger charge is -2.08. The number of hydrogen-bond acceptors (Lipinski definition) is 1. The first-order valence-corrected chi connectivity index (χ1v) is 9.07. The normalized spacial score (nSPS) is 12.5. The highest BCUT2D eigenvalue weighted by Crippen LogP contribution is 2.33. The lowest BCUT2D eigenvalue weighted by Crippen LogP contribution is -1.91. The van der Waals surface area contributed by atoms with Crippen LogP contribution in [0.5, 0.6) is 5.75 Å².